The summed E-state index contributed by atoms with van der Waals surface area (Å²) in [4.78, 5) is 18.8. The summed E-state index contributed by atoms with van der Waals surface area (Å²) < 4.78 is 0. The Labute approximate surface area is 124 Å². The number of nitrogens with zero attached hydrogens (tertiary/aromatic N) is 2. The summed E-state index contributed by atoms with van der Waals surface area (Å²) in [6, 6.07) is 9.71. The van der Waals surface area contributed by atoms with Gasteiger partial charge in [0, 0.05) is 50.9 Å². The van der Waals surface area contributed by atoms with Crippen LogP contribution in [0.5, 0.6) is 0 Å². The number of rotatable bonds is 4. The molecule has 2 heterocycles. The van der Waals surface area contributed by atoms with Crippen molar-refractivity contribution in [3.63, 3.8) is 0 Å². The van der Waals surface area contributed by atoms with E-state index in [1.165, 1.54) is 0 Å². The first-order chi connectivity index (χ1) is 10.3. The highest BCUT2D eigenvalue weighted by Crippen LogP contribution is 2.12. The average molecular weight is 284 g/mol. The zero-order chi connectivity index (χ0) is 14.5. The molecule has 0 atom stereocenters. The number of amides is 1. The number of hydrogen-bond acceptors (Lipinski definition) is 4. The van der Waals surface area contributed by atoms with Crippen LogP contribution in [0.4, 0.5) is 0 Å². The highest BCUT2D eigenvalue weighted by molar-refractivity contribution is 5.97. The molecule has 1 saturated heterocycles. The Morgan fingerprint density at radius 1 is 1.29 bits per heavy atom. The van der Waals surface area contributed by atoms with E-state index < -0.39 is 0 Å². The minimum absolute atomic E-state index is 0.0524. The van der Waals surface area contributed by atoms with Crippen molar-refractivity contribution in [2.45, 2.75) is 0 Å². The largest absolute Gasteiger partial charge is 0.351 e. The molecule has 1 aliphatic rings. The molecule has 2 aromatic rings. The van der Waals surface area contributed by atoms with Gasteiger partial charge in [-0.2, -0.15) is 0 Å². The van der Waals surface area contributed by atoms with Gasteiger partial charge in [0.2, 0.25) is 0 Å². The van der Waals surface area contributed by atoms with Crippen molar-refractivity contribution in [1.29, 1.82) is 0 Å². The fraction of sp³-hybridized carbons (Fsp3) is 0.375. The summed E-state index contributed by atoms with van der Waals surface area (Å²) in [6.07, 6.45) is 1.64. The molecule has 0 saturated carbocycles. The summed E-state index contributed by atoms with van der Waals surface area (Å²) in [5, 5.41) is 7.28. The molecular formula is C16H20N4O. The lowest BCUT2D eigenvalue weighted by Gasteiger charge is -2.27. The van der Waals surface area contributed by atoms with Gasteiger partial charge in [0.05, 0.1) is 11.1 Å². The first-order valence-corrected chi connectivity index (χ1v) is 7.39. The lowest BCUT2D eigenvalue weighted by molar-refractivity contribution is 0.0947. The van der Waals surface area contributed by atoms with E-state index in [9.17, 15) is 4.79 Å². The molecule has 0 radical (unpaired) electrons. The molecule has 0 aliphatic carbocycles. The van der Waals surface area contributed by atoms with Crippen molar-refractivity contribution in [2.24, 2.45) is 0 Å². The Bertz CT molecular complexity index is 622. The SMILES string of the molecule is O=C(NCCN1CCNCC1)c1cnc2ccccc2c1. The monoisotopic (exact) mass is 284 g/mol. The van der Waals surface area contributed by atoms with Crippen LogP contribution in [-0.4, -0.2) is 55.1 Å². The topological polar surface area (TPSA) is 57.3 Å². The number of hydrogen-bond donors (Lipinski definition) is 2. The van der Waals surface area contributed by atoms with Crippen LogP contribution in [0.15, 0.2) is 36.5 Å². The Morgan fingerprint density at radius 3 is 2.95 bits per heavy atom. The van der Waals surface area contributed by atoms with Crippen molar-refractivity contribution in [2.75, 3.05) is 39.3 Å². The maximum atomic E-state index is 12.1. The van der Waals surface area contributed by atoms with Crippen LogP contribution in [-0.2, 0) is 0 Å². The molecule has 0 spiro atoms. The highest BCUT2D eigenvalue weighted by Gasteiger charge is 2.10. The van der Waals surface area contributed by atoms with Gasteiger partial charge in [0.25, 0.3) is 5.91 Å². The third-order valence-corrected chi connectivity index (χ3v) is 3.78. The van der Waals surface area contributed by atoms with Crippen molar-refractivity contribution < 1.29 is 4.79 Å². The second kappa shape index (κ2) is 6.65. The minimum atomic E-state index is -0.0524. The van der Waals surface area contributed by atoms with Crippen LogP contribution in [0.1, 0.15) is 10.4 Å². The van der Waals surface area contributed by atoms with Gasteiger partial charge in [-0.15, -0.1) is 0 Å². The van der Waals surface area contributed by atoms with Gasteiger partial charge in [0.1, 0.15) is 0 Å². The predicted octanol–water partition coefficient (Wildman–Crippen LogP) is 0.870. The lowest BCUT2D eigenvalue weighted by Crippen LogP contribution is -2.46. The van der Waals surface area contributed by atoms with Crippen LogP contribution in [0.25, 0.3) is 10.9 Å². The van der Waals surface area contributed by atoms with Crippen LogP contribution in [0.3, 0.4) is 0 Å². The van der Waals surface area contributed by atoms with E-state index in [4.69, 9.17) is 0 Å². The number of pyridine rings is 1. The van der Waals surface area contributed by atoms with Crippen molar-refractivity contribution in [3.8, 4) is 0 Å². The van der Waals surface area contributed by atoms with Gasteiger partial charge in [-0.05, 0) is 12.1 Å². The molecule has 21 heavy (non-hydrogen) atoms. The summed E-state index contributed by atoms with van der Waals surface area (Å²) in [6.45, 7) is 5.73. The van der Waals surface area contributed by atoms with Gasteiger partial charge < -0.3 is 10.6 Å². The molecule has 1 fully saturated rings. The van der Waals surface area contributed by atoms with Crippen LogP contribution < -0.4 is 10.6 Å². The van der Waals surface area contributed by atoms with E-state index in [0.29, 0.717) is 12.1 Å². The number of benzene rings is 1. The van der Waals surface area contributed by atoms with Gasteiger partial charge in [-0.3, -0.25) is 14.7 Å². The first-order valence-electron chi connectivity index (χ1n) is 7.39. The number of piperazine rings is 1. The molecule has 5 heteroatoms. The molecule has 1 aromatic carbocycles. The quantitative estimate of drug-likeness (QED) is 0.875. The third-order valence-electron chi connectivity index (χ3n) is 3.78. The fourth-order valence-corrected chi connectivity index (χ4v) is 2.56. The molecule has 1 aliphatic heterocycles. The molecule has 5 nitrogen and oxygen atoms in total. The van der Waals surface area contributed by atoms with Crippen molar-refractivity contribution >= 4 is 16.8 Å². The Balaban J connectivity index is 1.56. The highest BCUT2D eigenvalue weighted by atomic mass is 16.1. The molecule has 0 unspecified atom stereocenters. The second-order valence-electron chi connectivity index (χ2n) is 5.26. The standard InChI is InChI=1S/C16H20N4O/c21-16(18-7-10-20-8-5-17-6-9-20)14-11-13-3-1-2-4-15(13)19-12-14/h1-4,11-12,17H,5-10H2,(H,18,21). The minimum Gasteiger partial charge on any atom is -0.351 e. The smallest absolute Gasteiger partial charge is 0.252 e. The summed E-state index contributed by atoms with van der Waals surface area (Å²) in [5.74, 6) is -0.0524. The number of fused-ring (bicyclic) bond motifs is 1. The molecule has 3 rings (SSSR count). The van der Waals surface area contributed by atoms with Gasteiger partial charge in [-0.1, -0.05) is 18.2 Å². The van der Waals surface area contributed by atoms with E-state index in [1.807, 2.05) is 30.3 Å². The van der Waals surface area contributed by atoms with Crippen LogP contribution in [0.2, 0.25) is 0 Å². The van der Waals surface area contributed by atoms with E-state index in [0.717, 1.165) is 43.6 Å². The molecule has 1 aromatic heterocycles. The summed E-state index contributed by atoms with van der Waals surface area (Å²) in [5.41, 5.74) is 1.53. The van der Waals surface area contributed by atoms with Gasteiger partial charge >= 0.3 is 0 Å². The number of para-hydroxylation sites is 1. The van der Waals surface area contributed by atoms with Gasteiger partial charge in [0.15, 0.2) is 0 Å². The van der Waals surface area contributed by atoms with E-state index in [-0.39, 0.29) is 5.91 Å². The Morgan fingerprint density at radius 2 is 2.10 bits per heavy atom. The predicted molar refractivity (Wildman–Crippen MR) is 83.4 cm³/mol. The first kappa shape index (κ1) is 14.0. The molecule has 0 bridgehead atoms. The van der Waals surface area contributed by atoms with Gasteiger partial charge in [-0.25, -0.2) is 0 Å². The fourth-order valence-electron chi connectivity index (χ4n) is 2.56. The molecule has 2 N–H and O–H groups in total. The van der Waals surface area contributed by atoms with Crippen LogP contribution in [0, 0.1) is 0 Å². The van der Waals surface area contributed by atoms with E-state index in [2.05, 4.69) is 20.5 Å². The number of aromatic nitrogens is 1. The molecule has 1 amide bonds. The second-order valence-corrected chi connectivity index (χ2v) is 5.26. The number of carbonyl (C=O) groups excluding carboxylic acids is 1. The normalized spacial score (nSPS) is 16.0. The van der Waals surface area contributed by atoms with Crippen LogP contribution >= 0.6 is 0 Å². The maximum absolute atomic E-state index is 12.1. The summed E-state index contributed by atoms with van der Waals surface area (Å²) in [7, 11) is 0. The Hall–Kier alpha value is -1.98. The number of carbonyl (C=O) groups is 1. The third kappa shape index (κ3) is 3.56. The van der Waals surface area contributed by atoms with Crippen molar-refractivity contribution in [3.05, 3.63) is 42.1 Å². The lowest BCUT2D eigenvalue weighted by atomic mass is 10.1. The van der Waals surface area contributed by atoms with Crippen molar-refractivity contribution in [1.82, 2.24) is 20.5 Å². The molecule has 110 valence electrons. The number of nitrogens with one attached hydrogen (secondary N) is 2. The van der Waals surface area contributed by atoms with E-state index >= 15 is 0 Å². The maximum Gasteiger partial charge on any atom is 0.252 e. The molecular weight excluding hydrogens is 264 g/mol. The zero-order valence-corrected chi connectivity index (χ0v) is 12.0. The Kier molecular flexibility index (Phi) is 4.43. The summed E-state index contributed by atoms with van der Waals surface area (Å²) >= 11 is 0. The van der Waals surface area contributed by atoms with E-state index in [1.54, 1.807) is 6.20 Å². The average Bonchev–Trinajstić information content (AvgIpc) is 2.55. The zero-order valence-electron chi connectivity index (χ0n) is 12.0.